The maximum atomic E-state index is 10.6. The molecule has 0 amide bonds. The number of hydrogen-bond acceptors (Lipinski definition) is 4. The van der Waals surface area contributed by atoms with Crippen molar-refractivity contribution in [2.45, 2.75) is 0 Å². The van der Waals surface area contributed by atoms with Gasteiger partial charge in [0, 0.05) is 0 Å². The van der Waals surface area contributed by atoms with Gasteiger partial charge < -0.3 is 14.3 Å². The summed E-state index contributed by atoms with van der Waals surface area (Å²) in [7, 11) is 0. The molecule has 5 heteroatoms. The molecule has 5 nitrogen and oxygen atoms in total. The lowest BCUT2D eigenvalue weighted by molar-refractivity contribution is -0.133. The number of nitriles is 1. The summed E-state index contributed by atoms with van der Waals surface area (Å²) >= 11 is 0. The highest BCUT2D eigenvalue weighted by Crippen LogP contribution is 2.32. The number of fused-ring (bicyclic) bond motifs is 1. The van der Waals surface area contributed by atoms with Gasteiger partial charge in [-0.05, 0) is 12.1 Å². The largest absolute Gasteiger partial charge is 0.483 e. The first-order valence-corrected chi connectivity index (χ1v) is 5.09. The van der Waals surface area contributed by atoms with Crippen LogP contribution in [0.2, 0.25) is 0 Å². The van der Waals surface area contributed by atoms with Crippen LogP contribution in [0, 0.1) is 11.3 Å². The third-order valence-electron chi connectivity index (χ3n) is 2.34. The van der Waals surface area contributed by atoms with Crippen molar-refractivity contribution >= 4 is 16.9 Å². The number of rotatable bonds is 4. The van der Waals surface area contributed by atoms with Crippen molar-refractivity contribution in [3.05, 3.63) is 42.2 Å². The minimum atomic E-state index is -1.14. The van der Waals surface area contributed by atoms with E-state index in [1.165, 1.54) is 0 Å². The third-order valence-corrected chi connectivity index (χ3v) is 2.34. The molecule has 0 saturated carbocycles. The fourth-order valence-corrected chi connectivity index (χ4v) is 1.46. The molecular formula is C13H9NO4. The molecule has 1 aromatic carbocycles. The van der Waals surface area contributed by atoms with E-state index < -0.39 is 5.97 Å². The summed E-state index contributed by atoms with van der Waals surface area (Å²) in [6.07, 6.45) is 0. The fourth-order valence-electron chi connectivity index (χ4n) is 1.46. The molecule has 1 aromatic heterocycles. The first-order valence-electron chi connectivity index (χ1n) is 5.09. The zero-order valence-corrected chi connectivity index (χ0v) is 9.34. The van der Waals surface area contributed by atoms with Gasteiger partial charge in [0.15, 0.2) is 5.75 Å². The quantitative estimate of drug-likeness (QED) is 0.833. The molecule has 18 heavy (non-hydrogen) atoms. The van der Waals surface area contributed by atoms with E-state index in [-0.39, 0.29) is 23.7 Å². The molecule has 2 rings (SSSR count). The number of ether oxygens (including phenoxy) is 1. The lowest BCUT2D eigenvalue weighted by atomic mass is 10.2. The number of carboxylic acid groups (broad SMARTS) is 1. The summed E-state index contributed by atoms with van der Waals surface area (Å²) < 4.78 is 10.6. The molecule has 2 aromatic rings. The average molecular weight is 243 g/mol. The van der Waals surface area contributed by atoms with Crippen LogP contribution < -0.4 is 4.74 Å². The van der Waals surface area contributed by atoms with Gasteiger partial charge in [0.25, 0.3) is 0 Å². The van der Waals surface area contributed by atoms with E-state index in [2.05, 4.69) is 6.58 Å². The van der Waals surface area contributed by atoms with Gasteiger partial charge in [-0.1, -0.05) is 18.7 Å². The molecule has 1 heterocycles. The fraction of sp³-hybridized carbons (Fsp3) is 0.0769. The van der Waals surface area contributed by atoms with Gasteiger partial charge in [0.05, 0.1) is 11.0 Å². The summed E-state index contributed by atoms with van der Waals surface area (Å²) in [6.45, 7) is 3.15. The number of benzene rings is 1. The molecular weight excluding hydrogens is 234 g/mol. The SMILES string of the molecule is C=C(COc1c(C#N)oc2ccccc12)C(=O)O. The Bertz CT molecular complexity index is 663. The maximum absolute atomic E-state index is 10.6. The summed E-state index contributed by atoms with van der Waals surface area (Å²) in [6, 6.07) is 8.85. The number of hydrogen-bond donors (Lipinski definition) is 1. The highest BCUT2D eigenvalue weighted by Gasteiger charge is 2.16. The van der Waals surface area contributed by atoms with Crippen molar-refractivity contribution < 1.29 is 19.1 Å². The Labute approximate surface area is 103 Å². The van der Waals surface area contributed by atoms with Gasteiger partial charge in [0.2, 0.25) is 5.76 Å². The monoisotopic (exact) mass is 243 g/mol. The van der Waals surface area contributed by atoms with Crippen LogP contribution in [0.25, 0.3) is 11.0 Å². The standard InChI is InChI=1S/C13H9NO4/c1-8(13(15)16)7-17-12-9-4-2-3-5-10(9)18-11(12)6-14/h2-5H,1,7H2,(H,15,16). The molecule has 1 N–H and O–H groups in total. The molecule has 0 aliphatic carbocycles. The second-order valence-electron chi connectivity index (χ2n) is 3.57. The van der Waals surface area contributed by atoms with Crippen molar-refractivity contribution in [1.82, 2.24) is 0 Å². The van der Waals surface area contributed by atoms with Crippen LogP contribution in [0.1, 0.15) is 5.76 Å². The number of carbonyl (C=O) groups is 1. The van der Waals surface area contributed by atoms with Crippen molar-refractivity contribution in [2.24, 2.45) is 0 Å². The summed E-state index contributed by atoms with van der Waals surface area (Å²) in [5, 5.41) is 18.2. The Hall–Kier alpha value is -2.74. The van der Waals surface area contributed by atoms with Gasteiger partial charge in [-0.2, -0.15) is 5.26 Å². The second-order valence-corrected chi connectivity index (χ2v) is 3.57. The third kappa shape index (κ3) is 2.04. The molecule has 90 valence electrons. The highest BCUT2D eigenvalue weighted by atomic mass is 16.5. The van der Waals surface area contributed by atoms with E-state index in [1.54, 1.807) is 24.3 Å². The molecule has 0 aliphatic heterocycles. The molecule has 0 bridgehead atoms. The van der Waals surface area contributed by atoms with E-state index in [0.717, 1.165) is 0 Å². The van der Waals surface area contributed by atoms with E-state index in [0.29, 0.717) is 11.0 Å². The van der Waals surface area contributed by atoms with Crippen LogP contribution in [-0.2, 0) is 4.79 Å². The van der Waals surface area contributed by atoms with E-state index in [9.17, 15) is 4.79 Å². The van der Waals surface area contributed by atoms with Gasteiger partial charge in [-0.15, -0.1) is 0 Å². The van der Waals surface area contributed by atoms with Gasteiger partial charge in [0.1, 0.15) is 18.3 Å². The summed E-state index contributed by atoms with van der Waals surface area (Å²) in [5.74, 6) is -0.869. The van der Waals surface area contributed by atoms with E-state index in [4.69, 9.17) is 19.5 Å². The zero-order chi connectivity index (χ0) is 13.1. The molecule has 0 atom stereocenters. The first kappa shape index (κ1) is 11.7. The van der Waals surface area contributed by atoms with Crippen LogP contribution in [0.4, 0.5) is 0 Å². The maximum Gasteiger partial charge on any atom is 0.334 e. The van der Waals surface area contributed by atoms with E-state index >= 15 is 0 Å². The first-order chi connectivity index (χ1) is 8.63. The van der Waals surface area contributed by atoms with E-state index in [1.807, 2.05) is 6.07 Å². The smallest absolute Gasteiger partial charge is 0.334 e. The Balaban J connectivity index is 2.35. The molecule has 0 saturated heterocycles. The highest BCUT2D eigenvalue weighted by molar-refractivity contribution is 5.88. The average Bonchev–Trinajstić information content (AvgIpc) is 2.73. The minimum Gasteiger partial charge on any atom is -0.483 e. The topological polar surface area (TPSA) is 83.5 Å². The van der Waals surface area contributed by atoms with Crippen LogP contribution in [0.15, 0.2) is 40.8 Å². The van der Waals surface area contributed by atoms with Crippen LogP contribution in [0.3, 0.4) is 0 Å². The molecule has 0 aliphatic rings. The Kier molecular flexibility index (Phi) is 3.02. The van der Waals surface area contributed by atoms with Crippen molar-refractivity contribution in [1.29, 1.82) is 5.26 Å². The number of carboxylic acids is 1. The predicted octanol–water partition coefficient (Wildman–Crippen LogP) is 2.32. The molecule has 0 radical (unpaired) electrons. The lowest BCUT2D eigenvalue weighted by Crippen LogP contribution is -2.09. The van der Waals surface area contributed by atoms with Crippen LogP contribution >= 0.6 is 0 Å². The summed E-state index contributed by atoms with van der Waals surface area (Å²) in [4.78, 5) is 10.6. The van der Waals surface area contributed by atoms with Crippen LogP contribution in [-0.4, -0.2) is 17.7 Å². The second kappa shape index (κ2) is 4.63. The Morgan fingerprint density at radius 2 is 2.22 bits per heavy atom. The zero-order valence-electron chi connectivity index (χ0n) is 9.34. The summed E-state index contributed by atoms with van der Waals surface area (Å²) in [5.41, 5.74) is 0.425. The Morgan fingerprint density at radius 3 is 2.89 bits per heavy atom. The predicted molar refractivity (Wildman–Crippen MR) is 63.2 cm³/mol. The number of furan rings is 1. The molecule has 0 unspecified atom stereocenters. The number of para-hydroxylation sites is 1. The lowest BCUT2D eigenvalue weighted by Gasteiger charge is -2.03. The van der Waals surface area contributed by atoms with Gasteiger partial charge >= 0.3 is 5.97 Å². The van der Waals surface area contributed by atoms with Crippen molar-refractivity contribution in [3.8, 4) is 11.8 Å². The Morgan fingerprint density at radius 1 is 1.50 bits per heavy atom. The van der Waals surface area contributed by atoms with Crippen LogP contribution in [0.5, 0.6) is 5.75 Å². The van der Waals surface area contributed by atoms with Gasteiger partial charge in [-0.3, -0.25) is 0 Å². The molecule has 0 spiro atoms. The van der Waals surface area contributed by atoms with Gasteiger partial charge in [-0.25, -0.2) is 4.79 Å². The number of aliphatic carboxylic acids is 1. The van der Waals surface area contributed by atoms with Crippen molar-refractivity contribution in [2.75, 3.05) is 6.61 Å². The normalized spacial score (nSPS) is 9.94. The number of nitrogens with zero attached hydrogens (tertiary/aromatic N) is 1. The molecule has 0 fully saturated rings. The van der Waals surface area contributed by atoms with Crippen molar-refractivity contribution in [3.63, 3.8) is 0 Å². The minimum absolute atomic E-state index is 0.0226.